The lowest BCUT2D eigenvalue weighted by molar-refractivity contribution is -0.130. The van der Waals surface area contributed by atoms with Crippen molar-refractivity contribution in [2.75, 3.05) is 30.8 Å². The summed E-state index contributed by atoms with van der Waals surface area (Å²) in [4.78, 5) is 36.2. The minimum atomic E-state index is -4.06. The van der Waals surface area contributed by atoms with Crippen LogP contribution in [0.4, 0.5) is 11.4 Å². The molecule has 1 fully saturated rings. The first kappa shape index (κ1) is 23.2. The van der Waals surface area contributed by atoms with Crippen LogP contribution in [0.2, 0.25) is 0 Å². The second-order valence-electron chi connectivity index (χ2n) is 7.11. The fraction of sp³-hybridized carbons (Fsp3) is 0.286. The molecule has 0 spiro atoms. The van der Waals surface area contributed by atoms with E-state index in [0.29, 0.717) is 17.1 Å². The minimum Gasteiger partial charge on any atom is -0.497 e. The van der Waals surface area contributed by atoms with Crippen molar-refractivity contribution >= 4 is 39.1 Å². The van der Waals surface area contributed by atoms with Crippen LogP contribution in [0, 0.1) is 0 Å². The molecule has 3 N–H and O–H groups in total. The van der Waals surface area contributed by atoms with Crippen LogP contribution in [0.5, 0.6) is 5.75 Å². The normalized spacial score (nSPS) is 16.7. The largest absolute Gasteiger partial charge is 0.497 e. The Bertz CT molecular complexity index is 1120. The van der Waals surface area contributed by atoms with Gasteiger partial charge in [-0.1, -0.05) is 6.07 Å². The second kappa shape index (κ2) is 9.79. The van der Waals surface area contributed by atoms with E-state index in [4.69, 9.17) is 4.74 Å². The molecule has 32 heavy (non-hydrogen) atoms. The summed E-state index contributed by atoms with van der Waals surface area (Å²) < 4.78 is 32.6. The number of anilines is 2. The third-order valence-electron chi connectivity index (χ3n) is 4.80. The van der Waals surface area contributed by atoms with Crippen LogP contribution in [0.1, 0.15) is 13.3 Å². The molecule has 2 aromatic carbocycles. The molecule has 3 rings (SSSR count). The molecule has 2 aromatic rings. The minimum absolute atomic E-state index is 0.0264. The number of benzene rings is 2. The predicted molar refractivity (Wildman–Crippen MR) is 118 cm³/mol. The zero-order valence-electron chi connectivity index (χ0n) is 17.6. The summed E-state index contributed by atoms with van der Waals surface area (Å²) in [6.45, 7) is 1.51. The number of hydrogen-bond acceptors (Lipinski definition) is 6. The fourth-order valence-electron chi connectivity index (χ4n) is 3.31. The van der Waals surface area contributed by atoms with Crippen LogP contribution in [0.15, 0.2) is 53.4 Å². The fourth-order valence-corrected chi connectivity index (χ4v) is 4.90. The number of rotatable bonds is 7. The molecule has 0 radical (unpaired) electrons. The molecule has 0 aromatic heterocycles. The highest BCUT2D eigenvalue weighted by Crippen LogP contribution is 2.24. The summed E-state index contributed by atoms with van der Waals surface area (Å²) in [7, 11) is -2.56. The molecule has 11 heteroatoms. The topological polar surface area (TPSA) is 134 Å². The Morgan fingerprint density at radius 2 is 1.84 bits per heavy atom. The first-order valence-corrected chi connectivity index (χ1v) is 11.3. The highest BCUT2D eigenvalue weighted by atomic mass is 32.2. The quantitative estimate of drug-likeness (QED) is 0.568. The Morgan fingerprint density at radius 1 is 1.12 bits per heavy atom. The molecule has 0 bridgehead atoms. The van der Waals surface area contributed by atoms with Gasteiger partial charge in [-0.3, -0.25) is 14.4 Å². The molecular weight excluding hydrogens is 436 g/mol. The number of carbonyl (C=O) groups is 3. The molecule has 1 saturated heterocycles. The van der Waals surface area contributed by atoms with Gasteiger partial charge in [0.15, 0.2) is 0 Å². The van der Waals surface area contributed by atoms with E-state index in [0.717, 1.165) is 4.31 Å². The SMILES string of the molecule is COc1cccc(NC(=O)C[C@@H]2C(=O)NCCN2S(=O)(=O)c2ccc(NC(C)=O)cc2)c1. The van der Waals surface area contributed by atoms with E-state index in [2.05, 4.69) is 16.0 Å². The molecule has 0 aliphatic carbocycles. The van der Waals surface area contributed by atoms with Gasteiger partial charge < -0.3 is 20.7 Å². The van der Waals surface area contributed by atoms with E-state index in [1.54, 1.807) is 24.3 Å². The standard InChI is InChI=1S/C21H24N4O6S/c1-14(26)23-15-6-8-18(9-7-15)32(29,30)25-11-10-22-21(28)19(25)13-20(27)24-16-4-3-5-17(12-16)31-2/h3-9,12,19H,10-11,13H2,1-2H3,(H,22,28)(H,23,26)(H,24,27)/t19-/m1/s1. The van der Waals surface area contributed by atoms with Crippen LogP contribution >= 0.6 is 0 Å². The lowest BCUT2D eigenvalue weighted by atomic mass is 10.1. The third kappa shape index (κ3) is 5.42. The zero-order chi connectivity index (χ0) is 23.3. The average Bonchev–Trinajstić information content (AvgIpc) is 2.75. The van der Waals surface area contributed by atoms with Gasteiger partial charge in [0.1, 0.15) is 11.8 Å². The monoisotopic (exact) mass is 460 g/mol. The van der Waals surface area contributed by atoms with E-state index in [1.807, 2.05) is 0 Å². The van der Waals surface area contributed by atoms with Crippen molar-refractivity contribution in [2.45, 2.75) is 24.3 Å². The number of nitrogens with one attached hydrogen (secondary N) is 3. The van der Waals surface area contributed by atoms with Crippen LogP contribution in [-0.4, -0.2) is 56.7 Å². The molecule has 0 unspecified atom stereocenters. The van der Waals surface area contributed by atoms with Gasteiger partial charge in [-0.05, 0) is 36.4 Å². The Hall–Kier alpha value is -3.44. The van der Waals surface area contributed by atoms with Gasteiger partial charge >= 0.3 is 0 Å². The van der Waals surface area contributed by atoms with Crippen molar-refractivity contribution in [3.8, 4) is 5.75 Å². The van der Waals surface area contributed by atoms with Gasteiger partial charge in [0.25, 0.3) is 0 Å². The number of methoxy groups -OCH3 is 1. The molecule has 1 heterocycles. The van der Waals surface area contributed by atoms with Crippen molar-refractivity contribution < 1.29 is 27.5 Å². The number of sulfonamides is 1. The Labute approximate surface area is 186 Å². The van der Waals surface area contributed by atoms with Gasteiger partial charge in [0.05, 0.1) is 18.4 Å². The van der Waals surface area contributed by atoms with Gasteiger partial charge in [-0.2, -0.15) is 4.31 Å². The molecule has 170 valence electrons. The molecule has 1 aliphatic rings. The van der Waals surface area contributed by atoms with Crippen molar-refractivity contribution in [3.05, 3.63) is 48.5 Å². The summed E-state index contributed by atoms with van der Waals surface area (Å²) in [5, 5.41) is 7.84. The Morgan fingerprint density at radius 3 is 2.50 bits per heavy atom. The second-order valence-corrected chi connectivity index (χ2v) is 9.00. The number of hydrogen-bond donors (Lipinski definition) is 3. The molecule has 1 atom stereocenters. The average molecular weight is 461 g/mol. The van der Waals surface area contributed by atoms with Crippen LogP contribution < -0.4 is 20.7 Å². The summed E-state index contributed by atoms with van der Waals surface area (Å²) in [5.41, 5.74) is 0.913. The summed E-state index contributed by atoms with van der Waals surface area (Å²) in [6.07, 6.45) is -0.355. The molecule has 10 nitrogen and oxygen atoms in total. The number of amides is 3. The van der Waals surface area contributed by atoms with E-state index in [9.17, 15) is 22.8 Å². The van der Waals surface area contributed by atoms with Crippen LogP contribution in [0.3, 0.4) is 0 Å². The smallest absolute Gasteiger partial charge is 0.243 e. The van der Waals surface area contributed by atoms with Crippen molar-refractivity contribution in [2.24, 2.45) is 0 Å². The van der Waals surface area contributed by atoms with Crippen LogP contribution in [0.25, 0.3) is 0 Å². The number of carbonyl (C=O) groups excluding carboxylic acids is 3. The highest BCUT2D eigenvalue weighted by molar-refractivity contribution is 7.89. The van der Waals surface area contributed by atoms with Crippen molar-refractivity contribution in [3.63, 3.8) is 0 Å². The first-order valence-electron chi connectivity index (χ1n) is 9.82. The maximum Gasteiger partial charge on any atom is 0.243 e. The summed E-state index contributed by atoms with van der Waals surface area (Å²) in [6, 6.07) is 11.1. The van der Waals surface area contributed by atoms with Gasteiger partial charge in [-0.25, -0.2) is 8.42 Å². The zero-order valence-corrected chi connectivity index (χ0v) is 18.4. The number of ether oxygens (including phenoxy) is 1. The summed E-state index contributed by atoms with van der Waals surface area (Å²) >= 11 is 0. The van der Waals surface area contributed by atoms with Gasteiger partial charge in [0, 0.05) is 37.5 Å². The van der Waals surface area contributed by atoms with Gasteiger partial charge in [0.2, 0.25) is 27.7 Å². The van der Waals surface area contributed by atoms with Crippen molar-refractivity contribution in [1.82, 2.24) is 9.62 Å². The van der Waals surface area contributed by atoms with E-state index < -0.39 is 27.9 Å². The van der Waals surface area contributed by atoms with Crippen molar-refractivity contribution in [1.29, 1.82) is 0 Å². The van der Waals surface area contributed by atoms with Gasteiger partial charge in [-0.15, -0.1) is 0 Å². The molecule has 1 aliphatic heterocycles. The lowest BCUT2D eigenvalue weighted by Gasteiger charge is -2.33. The maximum atomic E-state index is 13.2. The molecule has 3 amide bonds. The Kier molecular flexibility index (Phi) is 7.11. The third-order valence-corrected chi connectivity index (χ3v) is 6.72. The van der Waals surface area contributed by atoms with E-state index >= 15 is 0 Å². The van der Waals surface area contributed by atoms with Crippen LogP contribution in [-0.2, 0) is 24.4 Å². The molecular formula is C21H24N4O6S. The summed E-state index contributed by atoms with van der Waals surface area (Å²) in [5.74, 6) is -0.794. The lowest BCUT2D eigenvalue weighted by Crippen LogP contribution is -2.57. The predicted octanol–water partition coefficient (Wildman–Crippen LogP) is 1.17. The number of piperazine rings is 1. The number of nitrogens with zero attached hydrogens (tertiary/aromatic N) is 1. The molecule has 0 saturated carbocycles. The van der Waals surface area contributed by atoms with E-state index in [1.165, 1.54) is 38.3 Å². The maximum absolute atomic E-state index is 13.2. The Balaban J connectivity index is 1.78. The highest BCUT2D eigenvalue weighted by Gasteiger charge is 2.39. The van der Waals surface area contributed by atoms with E-state index in [-0.39, 0.29) is 30.3 Å². The first-order chi connectivity index (χ1) is 15.2.